The standard InChI is InChI=1S/C13H17N3O/c1-15(2)14-13(17)8-10-16-9-7-11-5-3-4-6-12(11)16/h3-7,9H,8,10H2,1-2H3,(H,14,17). The van der Waals surface area contributed by atoms with E-state index in [1.165, 1.54) is 10.9 Å². The summed E-state index contributed by atoms with van der Waals surface area (Å²) in [6, 6.07) is 10.2. The van der Waals surface area contributed by atoms with Crippen molar-refractivity contribution >= 4 is 16.8 Å². The number of rotatable bonds is 4. The number of amides is 1. The number of carbonyl (C=O) groups excluding carboxylic acids is 1. The molecule has 1 heterocycles. The summed E-state index contributed by atoms with van der Waals surface area (Å²) in [7, 11) is 3.62. The molecule has 4 heteroatoms. The van der Waals surface area contributed by atoms with E-state index in [-0.39, 0.29) is 5.91 Å². The first-order valence-corrected chi connectivity index (χ1v) is 5.67. The lowest BCUT2D eigenvalue weighted by Crippen LogP contribution is -2.36. The zero-order chi connectivity index (χ0) is 12.3. The zero-order valence-corrected chi connectivity index (χ0v) is 10.2. The molecule has 1 N–H and O–H groups in total. The Morgan fingerprint density at radius 3 is 2.82 bits per heavy atom. The summed E-state index contributed by atoms with van der Waals surface area (Å²) in [4.78, 5) is 11.5. The summed E-state index contributed by atoms with van der Waals surface area (Å²) in [6.07, 6.45) is 2.50. The fourth-order valence-corrected chi connectivity index (χ4v) is 1.86. The van der Waals surface area contributed by atoms with Gasteiger partial charge in [0.1, 0.15) is 0 Å². The van der Waals surface area contributed by atoms with E-state index in [4.69, 9.17) is 0 Å². The quantitative estimate of drug-likeness (QED) is 0.812. The van der Waals surface area contributed by atoms with Gasteiger partial charge in [0, 0.05) is 38.8 Å². The average Bonchev–Trinajstić information content (AvgIpc) is 2.69. The summed E-state index contributed by atoms with van der Waals surface area (Å²) in [5.41, 5.74) is 3.91. The number of aromatic nitrogens is 1. The Labute approximate surface area is 101 Å². The number of aryl methyl sites for hydroxylation is 1. The molecule has 4 nitrogen and oxygen atoms in total. The van der Waals surface area contributed by atoms with E-state index in [9.17, 15) is 4.79 Å². The molecule has 1 amide bonds. The summed E-state index contributed by atoms with van der Waals surface area (Å²) in [5, 5.41) is 2.87. The normalized spacial score (nSPS) is 11.0. The molecule has 0 bridgehead atoms. The number of nitrogens with zero attached hydrogens (tertiary/aromatic N) is 2. The Hall–Kier alpha value is -1.81. The van der Waals surface area contributed by atoms with Crippen molar-refractivity contribution in [2.45, 2.75) is 13.0 Å². The number of hydrazine groups is 1. The molecule has 0 spiro atoms. The molecule has 1 aromatic heterocycles. The lowest BCUT2D eigenvalue weighted by molar-refractivity contribution is -0.125. The number of hydrogen-bond acceptors (Lipinski definition) is 2. The van der Waals surface area contributed by atoms with E-state index < -0.39 is 0 Å². The van der Waals surface area contributed by atoms with E-state index in [1.807, 2.05) is 32.4 Å². The van der Waals surface area contributed by atoms with Crippen molar-refractivity contribution in [1.29, 1.82) is 0 Å². The third-order valence-corrected chi connectivity index (χ3v) is 2.61. The fraction of sp³-hybridized carbons (Fsp3) is 0.308. The molecular weight excluding hydrogens is 214 g/mol. The molecule has 17 heavy (non-hydrogen) atoms. The second-order valence-corrected chi connectivity index (χ2v) is 4.25. The summed E-state index contributed by atoms with van der Waals surface area (Å²) < 4.78 is 2.10. The van der Waals surface area contributed by atoms with Gasteiger partial charge in [-0.05, 0) is 17.5 Å². The molecular formula is C13H17N3O. The Morgan fingerprint density at radius 1 is 1.29 bits per heavy atom. The van der Waals surface area contributed by atoms with E-state index in [1.54, 1.807) is 5.01 Å². The molecule has 0 saturated heterocycles. The van der Waals surface area contributed by atoms with Gasteiger partial charge in [0.15, 0.2) is 0 Å². The Morgan fingerprint density at radius 2 is 2.06 bits per heavy atom. The van der Waals surface area contributed by atoms with Crippen LogP contribution in [0.15, 0.2) is 36.5 Å². The first-order chi connectivity index (χ1) is 8.16. The van der Waals surface area contributed by atoms with E-state index >= 15 is 0 Å². The largest absolute Gasteiger partial charge is 0.347 e. The van der Waals surface area contributed by atoms with Crippen LogP contribution < -0.4 is 5.43 Å². The van der Waals surface area contributed by atoms with Gasteiger partial charge < -0.3 is 4.57 Å². The number of fused-ring (bicyclic) bond motifs is 1. The molecule has 0 aliphatic carbocycles. The molecule has 2 aromatic rings. The SMILES string of the molecule is CN(C)NC(=O)CCn1ccc2ccccc21. The van der Waals surface area contributed by atoms with E-state index in [0.29, 0.717) is 13.0 Å². The van der Waals surface area contributed by atoms with Crippen molar-refractivity contribution in [1.82, 2.24) is 15.0 Å². The number of benzene rings is 1. The Balaban J connectivity index is 2.02. The molecule has 1 aromatic carbocycles. The highest BCUT2D eigenvalue weighted by Crippen LogP contribution is 2.15. The van der Waals surface area contributed by atoms with Gasteiger partial charge in [0.05, 0.1) is 0 Å². The molecule has 0 fully saturated rings. The predicted octanol–water partition coefficient (Wildman–Crippen LogP) is 1.62. The summed E-state index contributed by atoms with van der Waals surface area (Å²) in [6.45, 7) is 0.702. The second kappa shape index (κ2) is 5.01. The van der Waals surface area contributed by atoms with Crippen LogP contribution in [0.4, 0.5) is 0 Å². The molecule has 0 radical (unpaired) electrons. The highest BCUT2D eigenvalue weighted by molar-refractivity contribution is 5.80. The zero-order valence-electron chi connectivity index (χ0n) is 10.2. The number of carbonyl (C=O) groups is 1. The monoisotopic (exact) mass is 231 g/mol. The molecule has 90 valence electrons. The lowest BCUT2D eigenvalue weighted by atomic mass is 10.2. The minimum Gasteiger partial charge on any atom is -0.347 e. The Kier molecular flexibility index (Phi) is 3.44. The van der Waals surface area contributed by atoms with Crippen LogP contribution in [0.1, 0.15) is 6.42 Å². The summed E-state index contributed by atoms with van der Waals surface area (Å²) >= 11 is 0. The number of para-hydroxylation sites is 1. The maximum absolute atomic E-state index is 11.5. The third-order valence-electron chi connectivity index (χ3n) is 2.61. The van der Waals surface area contributed by atoms with Crippen LogP contribution in [0, 0.1) is 0 Å². The first-order valence-electron chi connectivity index (χ1n) is 5.67. The van der Waals surface area contributed by atoms with Crippen LogP contribution in [0.2, 0.25) is 0 Å². The fourth-order valence-electron chi connectivity index (χ4n) is 1.86. The number of hydrogen-bond donors (Lipinski definition) is 1. The van der Waals surface area contributed by atoms with Crippen molar-refractivity contribution in [3.63, 3.8) is 0 Å². The van der Waals surface area contributed by atoms with E-state index in [2.05, 4.69) is 28.2 Å². The second-order valence-electron chi connectivity index (χ2n) is 4.25. The van der Waals surface area contributed by atoms with Crippen LogP contribution in [-0.2, 0) is 11.3 Å². The molecule has 2 rings (SSSR count). The van der Waals surface area contributed by atoms with Crippen LogP contribution in [0.3, 0.4) is 0 Å². The van der Waals surface area contributed by atoms with Crippen LogP contribution >= 0.6 is 0 Å². The van der Waals surface area contributed by atoms with Gasteiger partial charge in [-0.25, -0.2) is 5.01 Å². The molecule has 0 unspecified atom stereocenters. The highest BCUT2D eigenvalue weighted by Gasteiger charge is 2.04. The highest BCUT2D eigenvalue weighted by atomic mass is 16.2. The maximum Gasteiger partial charge on any atom is 0.236 e. The average molecular weight is 231 g/mol. The first kappa shape index (κ1) is 11.7. The van der Waals surface area contributed by atoms with Crippen molar-refractivity contribution in [2.24, 2.45) is 0 Å². The van der Waals surface area contributed by atoms with Gasteiger partial charge in [-0.15, -0.1) is 0 Å². The van der Waals surface area contributed by atoms with Crippen LogP contribution in [0.5, 0.6) is 0 Å². The lowest BCUT2D eigenvalue weighted by Gasteiger charge is -2.12. The molecule has 0 atom stereocenters. The molecule has 0 aliphatic heterocycles. The van der Waals surface area contributed by atoms with Gasteiger partial charge in [-0.2, -0.15) is 0 Å². The van der Waals surface area contributed by atoms with E-state index in [0.717, 1.165) is 0 Å². The molecule has 0 aliphatic rings. The minimum atomic E-state index is 0.0350. The maximum atomic E-state index is 11.5. The van der Waals surface area contributed by atoms with Crippen molar-refractivity contribution < 1.29 is 4.79 Å². The van der Waals surface area contributed by atoms with Crippen molar-refractivity contribution in [3.05, 3.63) is 36.5 Å². The topological polar surface area (TPSA) is 37.3 Å². The molecule has 0 saturated carbocycles. The van der Waals surface area contributed by atoms with Crippen molar-refractivity contribution in [2.75, 3.05) is 14.1 Å². The van der Waals surface area contributed by atoms with Crippen LogP contribution in [-0.4, -0.2) is 29.6 Å². The Bertz CT molecular complexity index is 516. The smallest absolute Gasteiger partial charge is 0.236 e. The number of nitrogens with one attached hydrogen (secondary N) is 1. The van der Waals surface area contributed by atoms with Gasteiger partial charge in [-0.3, -0.25) is 10.2 Å². The van der Waals surface area contributed by atoms with Gasteiger partial charge in [-0.1, -0.05) is 18.2 Å². The van der Waals surface area contributed by atoms with Gasteiger partial charge in [0.2, 0.25) is 5.91 Å². The predicted molar refractivity (Wildman–Crippen MR) is 68.4 cm³/mol. The van der Waals surface area contributed by atoms with Gasteiger partial charge in [0.25, 0.3) is 0 Å². The minimum absolute atomic E-state index is 0.0350. The van der Waals surface area contributed by atoms with Crippen molar-refractivity contribution in [3.8, 4) is 0 Å². The van der Waals surface area contributed by atoms with Gasteiger partial charge >= 0.3 is 0 Å². The summed E-state index contributed by atoms with van der Waals surface area (Å²) in [5.74, 6) is 0.0350. The third kappa shape index (κ3) is 2.85. The van der Waals surface area contributed by atoms with Crippen LogP contribution in [0.25, 0.3) is 10.9 Å².